The number of hydrogen-bond donors (Lipinski definition) is 3. The predicted octanol–water partition coefficient (Wildman–Crippen LogP) is 2.14. The van der Waals surface area contributed by atoms with Gasteiger partial charge in [-0.1, -0.05) is 6.07 Å². The molecule has 82 valence electrons. The van der Waals surface area contributed by atoms with Crippen molar-refractivity contribution >= 4 is 0 Å². The molecule has 1 atom stereocenters. The van der Waals surface area contributed by atoms with Crippen molar-refractivity contribution in [1.29, 1.82) is 0 Å². The maximum absolute atomic E-state index is 9.87. The summed E-state index contributed by atoms with van der Waals surface area (Å²) in [4.78, 5) is 0. The zero-order valence-corrected chi connectivity index (χ0v) is 9.17. The zero-order valence-electron chi connectivity index (χ0n) is 9.17. The molecule has 0 amide bonds. The van der Waals surface area contributed by atoms with E-state index in [1.165, 1.54) is 0 Å². The summed E-state index contributed by atoms with van der Waals surface area (Å²) in [6, 6.07) is 2.16. The molecule has 3 heteroatoms. The van der Waals surface area contributed by atoms with Crippen molar-refractivity contribution in [2.75, 3.05) is 6.54 Å². The van der Waals surface area contributed by atoms with Crippen molar-refractivity contribution in [1.82, 2.24) is 5.32 Å². The maximum Gasteiger partial charge on any atom is 0.162 e. The highest BCUT2D eigenvalue weighted by Crippen LogP contribution is 2.39. The molecule has 1 aliphatic heterocycles. The number of benzene rings is 1. The zero-order chi connectivity index (χ0) is 11.0. The highest BCUT2D eigenvalue weighted by molar-refractivity contribution is 5.54. The van der Waals surface area contributed by atoms with Gasteiger partial charge in [0.1, 0.15) is 0 Å². The van der Waals surface area contributed by atoms with E-state index in [4.69, 9.17) is 0 Å². The molecular weight excluding hydrogens is 190 g/mol. The minimum atomic E-state index is 0.0266. The molecule has 0 radical (unpaired) electrons. The van der Waals surface area contributed by atoms with Gasteiger partial charge in [-0.15, -0.1) is 0 Å². The van der Waals surface area contributed by atoms with Gasteiger partial charge in [-0.3, -0.25) is 0 Å². The fraction of sp³-hybridized carbons (Fsp3) is 0.500. The SMILES string of the molecule is Cc1cc(C2CCCN2)c(O)c(O)c1C. The van der Waals surface area contributed by atoms with Gasteiger partial charge in [0.25, 0.3) is 0 Å². The Labute approximate surface area is 89.8 Å². The smallest absolute Gasteiger partial charge is 0.162 e. The van der Waals surface area contributed by atoms with Gasteiger partial charge >= 0.3 is 0 Å². The molecule has 1 saturated heterocycles. The molecule has 0 aliphatic carbocycles. The quantitative estimate of drug-likeness (QED) is 0.618. The van der Waals surface area contributed by atoms with Gasteiger partial charge in [0.2, 0.25) is 0 Å². The van der Waals surface area contributed by atoms with Crippen LogP contribution in [0.3, 0.4) is 0 Å². The summed E-state index contributed by atoms with van der Waals surface area (Å²) in [5, 5.41) is 22.9. The van der Waals surface area contributed by atoms with Crippen molar-refractivity contribution in [3.8, 4) is 11.5 Å². The standard InChI is InChI=1S/C12H17NO2/c1-7-6-9(10-4-3-5-13-10)12(15)11(14)8(7)2/h6,10,13-15H,3-5H2,1-2H3. The Morgan fingerprint density at radius 2 is 2.00 bits per heavy atom. The number of hydrogen-bond acceptors (Lipinski definition) is 3. The van der Waals surface area contributed by atoms with Gasteiger partial charge < -0.3 is 15.5 Å². The summed E-state index contributed by atoms with van der Waals surface area (Å²) in [5.41, 5.74) is 2.61. The number of nitrogens with one attached hydrogen (secondary N) is 1. The highest BCUT2D eigenvalue weighted by Gasteiger charge is 2.22. The first-order valence-corrected chi connectivity index (χ1v) is 5.36. The summed E-state index contributed by atoms with van der Waals surface area (Å²) < 4.78 is 0. The fourth-order valence-corrected chi connectivity index (χ4v) is 2.13. The van der Waals surface area contributed by atoms with Crippen LogP contribution in [0.4, 0.5) is 0 Å². The number of aryl methyl sites for hydroxylation is 1. The molecule has 0 saturated carbocycles. The third-order valence-electron chi connectivity index (χ3n) is 3.25. The van der Waals surface area contributed by atoms with E-state index in [0.29, 0.717) is 0 Å². The summed E-state index contributed by atoms with van der Waals surface area (Å²) in [5.74, 6) is 0.0659. The largest absolute Gasteiger partial charge is 0.504 e. The molecule has 2 rings (SSSR count). The molecule has 1 aliphatic rings. The Morgan fingerprint density at radius 1 is 1.27 bits per heavy atom. The Hall–Kier alpha value is -1.22. The molecule has 0 aromatic heterocycles. The minimum absolute atomic E-state index is 0.0266. The number of phenols is 2. The van der Waals surface area contributed by atoms with E-state index in [1.54, 1.807) is 0 Å². The lowest BCUT2D eigenvalue weighted by atomic mass is 9.98. The Bertz CT molecular complexity index is 382. The lowest BCUT2D eigenvalue weighted by Crippen LogP contribution is -2.13. The van der Waals surface area contributed by atoms with Crippen LogP contribution < -0.4 is 5.32 Å². The molecule has 1 aromatic rings. The molecule has 1 fully saturated rings. The normalized spacial score (nSPS) is 20.8. The van der Waals surface area contributed by atoms with Crippen molar-refractivity contribution in [2.45, 2.75) is 32.7 Å². The van der Waals surface area contributed by atoms with E-state index in [2.05, 4.69) is 5.32 Å². The van der Waals surface area contributed by atoms with Crippen LogP contribution in [0.5, 0.6) is 11.5 Å². The van der Waals surface area contributed by atoms with Crippen LogP contribution in [-0.4, -0.2) is 16.8 Å². The Kier molecular flexibility index (Phi) is 2.57. The average Bonchev–Trinajstić information content (AvgIpc) is 2.73. The first-order chi connectivity index (χ1) is 7.11. The van der Waals surface area contributed by atoms with Crippen LogP contribution in [0.1, 0.15) is 35.6 Å². The first-order valence-electron chi connectivity index (χ1n) is 5.36. The van der Waals surface area contributed by atoms with Gasteiger partial charge in [0.15, 0.2) is 11.5 Å². The summed E-state index contributed by atoms with van der Waals surface area (Å²) in [6.45, 7) is 4.75. The monoisotopic (exact) mass is 207 g/mol. The second kappa shape index (κ2) is 3.74. The Balaban J connectivity index is 2.47. The van der Waals surface area contributed by atoms with Crippen molar-refractivity contribution in [2.24, 2.45) is 0 Å². The van der Waals surface area contributed by atoms with E-state index >= 15 is 0 Å². The van der Waals surface area contributed by atoms with E-state index in [0.717, 1.165) is 36.1 Å². The second-order valence-corrected chi connectivity index (χ2v) is 4.25. The molecule has 3 N–H and O–H groups in total. The molecule has 0 spiro atoms. The lowest BCUT2D eigenvalue weighted by molar-refractivity contribution is 0.391. The molecule has 0 bridgehead atoms. The molecular formula is C12H17NO2. The van der Waals surface area contributed by atoms with E-state index in [9.17, 15) is 10.2 Å². The van der Waals surface area contributed by atoms with Gasteiger partial charge in [-0.2, -0.15) is 0 Å². The van der Waals surface area contributed by atoms with Crippen LogP contribution in [-0.2, 0) is 0 Å². The van der Waals surface area contributed by atoms with Crippen LogP contribution in [0, 0.1) is 13.8 Å². The number of aromatic hydroxyl groups is 2. The summed E-state index contributed by atoms with van der Waals surface area (Å²) in [7, 11) is 0. The average molecular weight is 207 g/mol. The highest BCUT2D eigenvalue weighted by atomic mass is 16.3. The van der Waals surface area contributed by atoms with Gasteiger partial charge in [0.05, 0.1) is 0 Å². The van der Waals surface area contributed by atoms with E-state index in [-0.39, 0.29) is 17.5 Å². The second-order valence-electron chi connectivity index (χ2n) is 4.25. The van der Waals surface area contributed by atoms with E-state index in [1.807, 2.05) is 19.9 Å². The first kappa shape index (κ1) is 10.3. The lowest BCUT2D eigenvalue weighted by Gasteiger charge is -2.16. The molecule has 1 unspecified atom stereocenters. The molecule has 1 aromatic carbocycles. The van der Waals surface area contributed by atoms with Crippen LogP contribution >= 0.6 is 0 Å². The minimum Gasteiger partial charge on any atom is -0.504 e. The molecule has 3 nitrogen and oxygen atoms in total. The maximum atomic E-state index is 9.87. The van der Waals surface area contributed by atoms with Crippen LogP contribution in [0.15, 0.2) is 6.07 Å². The number of phenolic OH excluding ortho intramolecular Hbond substituents is 2. The fourth-order valence-electron chi connectivity index (χ4n) is 2.13. The van der Waals surface area contributed by atoms with Gasteiger partial charge in [-0.25, -0.2) is 0 Å². The van der Waals surface area contributed by atoms with Crippen molar-refractivity contribution in [3.05, 3.63) is 22.8 Å². The van der Waals surface area contributed by atoms with Crippen molar-refractivity contribution in [3.63, 3.8) is 0 Å². The summed E-state index contributed by atoms with van der Waals surface area (Å²) in [6.07, 6.45) is 2.15. The van der Waals surface area contributed by atoms with Gasteiger partial charge in [0, 0.05) is 11.6 Å². The van der Waals surface area contributed by atoms with E-state index < -0.39 is 0 Å². The van der Waals surface area contributed by atoms with Crippen molar-refractivity contribution < 1.29 is 10.2 Å². The third-order valence-corrected chi connectivity index (χ3v) is 3.25. The van der Waals surface area contributed by atoms with Gasteiger partial charge in [-0.05, 0) is 44.4 Å². The van der Waals surface area contributed by atoms with Crippen LogP contribution in [0.2, 0.25) is 0 Å². The molecule has 15 heavy (non-hydrogen) atoms. The Morgan fingerprint density at radius 3 is 2.60 bits per heavy atom. The molecule has 1 heterocycles. The topological polar surface area (TPSA) is 52.5 Å². The third kappa shape index (κ3) is 1.67. The predicted molar refractivity (Wildman–Crippen MR) is 59.2 cm³/mol. The summed E-state index contributed by atoms with van der Waals surface area (Å²) >= 11 is 0. The number of rotatable bonds is 1. The van der Waals surface area contributed by atoms with Crippen LogP contribution in [0.25, 0.3) is 0 Å².